The lowest BCUT2D eigenvalue weighted by atomic mass is 10.0. The van der Waals surface area contributed by atoms with Crippen LogP contribution in [0.4, 0.5) is 0 Å². The van der Waals surface area contributed by atoms with E-state index in [0.717, 1.165) is 26.0 Å². The average Bonchev–Trinajstić information content (AvgIpc) is 2.86. The van der Waals surface area contributed by atoms with Gasteiger partial charge in [0.2, 0.25) is 0 Å². The van der Waals surface area contributed by atoms with Crippen LogP contribution in [-0.4, -0.2) is 170 Å². The Morgan fingerprint density at radius 3 is 1.16 bits per heavy atom. The molecule has 58 heavy (non-hydrogen) atoms. The summed E-state index contributed by atoms with van der Waals surface area (Å²) in [5.74, 6) is 0.919. The van der Waals surface area contributed by atoms with Gasteiger partial charge in [-0.2, -0.15) is 0 Å². The summed E-state index contributed by atoms with van der Waals surface area (Å²) in [5, 5.41) is 19.0. The fourth-order valence-electron chi connectivity index (χ4n) is 3.72. The number of aliphatic hydroxyl groups is 2. The maximum Gasteiger partial charge on any atom is 0.265 e. The van der Waals surface area contributed by atoms with Gasteiger partial charge in [-0.05, 0) is 79.9 Å². The molecule has 12 nitrogen and oxygen atoms in total. The van der Waals surface area contributed by atoms with Crippen LogP contribution in [0.5, 0.6) is 0 Å². The fourth-order valence-corrected chi connectivity index (χ4v) is 4.83. The van der Waals surface area contributed by atoms with Crippen LogP contribution < -0.4 is 4.89 Å². The minimum atomic E-state index is -4.47. The molecule has 3 unspecified atom stereocenters. The Kier molecular flexibility index (Phi) is 63.6. The van der Waals surface area contributed by atoms with E-state index in [4.69, 9.17) is 31.7 Å². The quantitative estimate of drug-likeness (QED) is 0.0706. The van der Waals surface area contributed by atoms with Crippen LogP contribution in [0.3, 0.4) is 0 Å². The maximum absolute atomic E-state index is 9.80. The minimum Gasteiger partial charge on any atom is -0.756 e. The fraction of sp³-hybridized carbons (Fsp3) is 0.952. The second kappa shape index (κ2) is 43.4. The zero-order chi connectivity index (χ0) is 44.3. The smallest absolute Gasteiger partial charge is 0.265 e. The molecule has 3 N–H and O–H groups in total. The van der Waals surface area contributed by atoms with E-state index in [0.29, 0.717) is 23.1 Å². The molecule has 3 atom stereocenters. The van der Waals surface area contributed by atoms with Crippen molar-refractivity contribution in [2.45, 2.75) is 170 Å². The molecule has 0 radical (unpaired) electrons. The Balaban J connectivity index is -0.0000000501. The molecule has 0 aromatic rings. The van der Waals surface area contributed by atoms with Gasteiger partial charge in [-0.25, -0.2) is 0 Å². The summed E-state index contributed by atoms with van der Waals surface area (Å²) in [6, 6.07) is 1.12. The van der Waals surface area contributed by atoms with Crippen LogP contribution in [0.2, 0.25) is 0 Å². The number of nitrogens with zero attached hydrogens (tertiary/aromatic N) is 4. The molecule has 0 fully saturated rings. The van der Waals surface area contributed by atoms with Crippen molar-refractivity contribution in [3.63, 3.8) is 0 Å². The average molecular weight is 925 g/mol. The molecule has 0 aliphatic carbocycles. The molecule has 0 amide bonds. The highest BCUT2D eigenvalue weighted by molar-refractivity contribution is 7.99. The van der Waals surface area contributed by atoms with Crippen LogP contribution in [-0.2, 0) is 31.2 Å². The predicted molar refractivity (Wildman–Crippen MR) is 268 cm³/mol. The van der Waals surface area contributed by atoms with Crippen molar-refractivity contribution in [3.05, 3.63) is 0 Å². The standard InChI is InChI=1S/2C8H20NO.C8H20N.C6H13NOS.C4H8OS2.C3H9O4P.5CH4/c1-7(2)8(6-10)9(3,4)5;1-7(2)8(10)6-9(3,4)5;1-6-7-9(4,5)8(2)3;1-5(2)8-6(9)7(3)4;1-3(2)5-4(6)7;1-3(2)7-8(4,5)6;;;;;/h2*7-8,10H,6H2,1-5H3;8H,6-7H2,1-5H3;5H,1-4H3;3H,1-2H3,(H,6,7);3H,1-2H3,(H2,4,5,6);5*1H4/q3*+1;;;;;;;;/p-2. The third-order valence-electron chi connectivity index (χ3n) is 7.03. The van der Waals surface area contributed by atoms with Gasteiger partial charge in [-0.15, -0.1) is 0 Å². The lowest BCUT2D eigenvalue weighted by molar-refractivity contribution is -0.911. The molecule has 0 rings (SSSR count). The molecule has 0 aliphatic heterocycles. The Morgan fingerprint density at radius 2 is 1.10 bits per heavy atom. The van der Waals surface area contributed by atoms with Gasteiger partial charge in [0.15, 0.2) is 0 Å². The first-order chi connectivity index (χ1) is 23.3. The van der Waals surface area contributed by atoms with Crippen molar-refractivity contribution in [3.8, 4) is 0 Å². The number of ether oxygens (including phenoxy) is 2. The van der Waals surface area contributed by atoms with Gasteiger partial charge >= 0.3 is 0 Å². The number of rotatable bonds is 13. The monoisotopic (exact) mass is 924 g/mol. The van der Waals surface area contributed by atoms with E-state index in [2.05, 4.69) is 120 Å². The molecular weight excluding hydrogens is 816 g/mol. The van der Waals surface area contributed by atoms with Crippen LogP contribution in [0.1, 0.15) is 134 Å². The molecule has 366 valence electrons. The molecule has 0 saturated heterocycles. The SMILES string of the molecule is C.C.C.C.C.CC(C)C(CO)[N+](C)(C)C.CC(C)C(O)C[N+](C)(C)C.CC(C)OC(=S)N(C)C.CC(C)OC(=S)[S-].CC(C)OP(=O)([O-])O.CCC[N+](C)(C)C(C)C. The first kappa shape index (κ1) is 85.1. The third kappa shape index (κ3) is 73.3. The Hall–Kier alpha value is -0.290. The number of likely N-dealkylation sites (N-methyl/N-ethyl adjacent to an activating group) is 2. The second-order valence-corrected chi connectivity index (χ2v) is 19.9. The van der Waals surface area contributed by atoms with Crippen molar-refractivity contribution in [2.75, 3.05) is 90.2 Å². The molecule has 0 bridgehead atoms. The number of phosphoric acid groups is 1. The van der Waals surface area contributed by atoms with Crippen LogP contribution in [0, 0.1) is 11.8 Å². The number of hydrogen-bond acceptors (Lipinski definition) is 10. The highest BCUT2D eigenvalue weighted by Crippen LogP contribution is 2.31. The molecule has 0 spiro atoms. The van der Waals surface area contributed by atoms with Gasteiger partial charge in [-0.1, -0.05) is 71.8 Å². The minimum absolute atomic E-state index is 0. The van der Waals surface area contributed by atoms with Crippen LogP contribution in [0.25, 0.3) is 0 Å². The largest absolute Gasteiger partial charge is 0.756 e. The third-order valence-corrected chi connectivity index (χ3v) is 8.37. The zero-order valence-corrected chi connectivity index (χ0v) is 41.6. The highest BCUT2D eigenvalue weighted by atomic mass is 32.1. The van der Waals surface area contributed by atoms with Crippen molar-refractivity contribution in [2.24, 2.45) is 11.8 Å². The zero-order valence-electron chi connectivity index (χ0n) is 38.3. The van der Waals surface area contributed by atoms with E-state index in [-0.39, 0.29) is 66.4 Å². The summed E-state index contributed by atoms with van der Waals surface area (Å²) in [5.41, 5.74) is 0. The van der Waals surface area contributed by atoms with Crippen molar-refractivity contribution < 1.29 is 52.0 Å². The van der Waals surface area contributed by atoms with Gasteiger partial charge in [0, 0.05) is 24.4 Å². The van der Waals surface area contributed by atoms with E-state index in [1.165, 1.54) is 26.8 Å². The number of quaternary nitrogens is 3. The number of phosphoric ester groups is 1. The Bertz CT molecular complexity index is 939. The van der Waals surface area contributed by atoms with E-state index in [1.807, 2.05) is 55.6 Å². The van der Waals surface area contributed by atoms with E-state index in [1.54, 1.807) is 4.90 Å². The molecule has 0 aromatic carbocycles. The maximum atomic E-state index is 9.80. The number of hydrogen-bond donors (Lipinski definition) is 3. The van der Waals surface area contributed by atoms with Crippen LogP contribution >= 0.6 is 32.3 Å². The van der Waals surface area contributed by atoms with Gasteiger partial charge in [0.1, 0.15) is 18.7 Å². The Morgan fingerprint density at radius 1 is 0.741 bits per heavy atom. The normalized spacial score (nSPS) is 12.6. The topological polar surface area (TPSA) is 132 Å². The number of thiocarbonyl (C=S) groups is 2. The molecule has 16 heteroatoms. The first-order valence-corrected chi connectivity index (χ1v) is 21.2. The van der Waals surface area contributed by atoms with Crippen molar-refractivity contribution in [1.82, 2.24) is 4.90 Å². The lowest BCUT2D eigenvalue weighted by Gasteiger charge is -2.35. The van der Waals surface area contributed by atoms with Gasteiger partial charge < -0.3 is 77.2 Å². The predicted octanol–water partition coefficient (Wildman–Crippen LogP) is 8.85. The lowest BCUT2D eigenvalue weighted by Crippen LogP contribution is -2.50. The van der Waals surface area contributed by atoms with E-state index in [9.17, 15) is 14.6 Å². The molecule has 0 saturated carbocycles. The summed E-state index contributed by atoms with van der Waals surface area (Å²) >= 11 is 13.8. The van der Waals surface area contributed by atoms with Crippen molar-refractivity contribution in [1.29, 1.82) is 0 Å². The molecule has 0 aliphatic rings. The van der Waals surface area contributed by atoms with Gasteiger partial charge in [-0.3, -0.25) is 4.57 Å². The molecular formula is C42H108N4O8PS3+. The summed E-state index contributed by atoms with van der Waals surface area (Å²) in [6.07, 6.45) is 0.943. The van der Waals surface area contributed by atoms with Crippen LogP contribution in [0.15, 0.2) is 0 Å². The van der Waals surface area contributed by atoms with E-state index >= 15 is 0 Å². The summed E-state index contributed by atoms with van der Waals surface area (Å²) < 4.78 is 26.8. The summed E-state index contributed by atoms with van der Waals surface area (Å²) in [7, 11) is 16.4. The van der Waals surface area contributed by atoms with Crippen molar-refractivity contribution >= 4 is 54.4 Å². The highest BCUT2D eigenvalue weighted by Gasteiger charge is 2.25. The van der Waals surface area contributed by atoms with E-state index < -0.39 is 13.9 Å². The first-order valence-electron chi connectivity index (χ1n) is 18.5. The second-order valence-electron chi connectivity index (χ2n) is 17.4. The number of aliphatic hydroxyl groups excluding tert-OH is 2. The Labute approximate surface area is 381 Å². The molecule has 0 heterocycles. The van der Waals surface area contributed by atoms with Gasteiger partial charge in [0.25, 0.3) is 13.0 Å². The summed E-state index contributed by atoms with van der Waals surface area (Å²) in [4.78, 5) is 19.5. The summed E-state index contributed by atoms with van der Waals surface area (Å²) in [6.45, 7) is 28.3. The van der Waals surface area contributed by atoms with Gasteiger partial charge in [0.05, 0.1) is 93.9 Å². The molecule has 0 aromatic heterocycles.